The van der Waals surface area contributed by atoms with Crippen molar-refractivity contribution in [3.05, 3.63) is 0 Å². The SMILES string of the molecule is [O]1[Al]2[O][Bi]3[O][Al]1[O][Bi]([O]2)[O]3. The molecule has 4 aliphatic rings. The molecule has 10 heteroatoms. The van der Waals surface area contributed by atoms with Crippen molar-refractivity contribution in [1.29, 1.82) is 0 Å². The van der Waals surface area contributed by atoms with Crippen molar-refractivity contribution in [2.24, 2.45) is 0 Å². The monoisotopic (exact) mass is 568 g/mol. The first kappa shape index (κ1) is 7.95. The third kappa shape index (κ3) is 1.38. The molecule has 0 saturated carbocycles. The molecule has 0 aromatic carbocycles. The summed E-state index contributed by atoms with van der Waals surface area (Å²) in [5.74, 6) is 0. The quantitative estimate of drug-likeness (QED) is 0.318. The van der Waals surface area contributed by atoms with E-state index in [1.165, 1.54) is 0 Å². The van der Waals surface area contributed by atoms with E-state index in [-0.39, 0.29) is 0 Å². The molecule has 4 bridgehead atoms. The molecule has 4 aliphatic heterocycles. The molecule has 52 valence electrons. The van der Waals surface area contributed by atoms with Crippen LogP contribution < -0.4 is 0 Å². The van der Waals surface area contributed by atoms with Crippen molar-refractivity contribution >= 4 is 76.4 Å². The van der Waals surface area contributed by atoms with Crippen LogP contribution in [0.25, 0.3) is 0 Å². The Morgan fingerprint density at radius 1 is 0.800 bits per heavy atom. The molecule has 0 amide bonds. The minimum absolute atomic E-state index is 1.72. The van der Waals surface area contributed by atoms with Gasteiger partial charge >= 0.3 is 87.6 Å². The molecule has 0 radical (unpaired) electrons. The fraction of sp³-hybridized carbons (Fsp3) is 0. The summed E-state index contributed by atoms with van der Waals surface area (Å²) >= 11 is -8.10. The van der Waals surface area contributed by atoms with Gasteiger partial charge in [0.05, 0.1) is 0 Å². The summed E-state index contributed by atoms with van der Waals surface area (Å²) in [6.45, 7) is 0. The van der Waals surface area contributed by atoms with Gasteiger partial charge in [0.15, 0.2) is 0 Å². The van der Waals surface area contributed by atoms with Crippen LogP contribution in [-0.4, -0.2) is 76.4 Å². The van der Waals surface area contributed by atoms with E-state index in [9.17, 15) is 0 Å². The Morgan fingerprint density at radius 3 is 1.70 bits per heavy atom. The van der Waals surface area contributed by atoms with Crippen molar-refractivity contribution in [3.8, 4) is 0 Å². The van der Waals surface area contributed by atoms with Crippen LogP contribution >= 0.6 is 0 Å². The van der Waals surface area contributed by atoms with Crippen molar-refractivity contribution in [2.75, 3.05) is 0 Å². The molecule has 10 heavy (non-hydrogen) atoms. The second kappa shape index (κ2) is 3.07. The fourth-order valence-electron chi connectivity index (χ4n) is 0.691. The van der Waals surface area contributed by atoms with Gasteiger partial charge in [0, 0.05) is 0 Å². The van der Waals surface area contributed by atoms with E-state index in [0.717, 1.165) is 0 Å². The summed E-state index contributed by atoms with van der Waals surface area (Å²) in [5.41, 5.74) is 0. The van der Waals surface area contributed by atoms with Crippen LogP contribution in [0.2, 0.25) is 0 Å². The molecular weight excluding hydrogens is 568 g/mol. The maximum atomic E-state index is 5.33. The van der Waals surface area contributed by atoms with E-state index in [2.05, 4.69) is 0 Å². The normalized spacial score (nSPS) is 32.4. The van der Waals surface area contributed by atoms with Crippen LogP contribution in [0, 0.1) is 0 Å². The van der Waals surface area contributed by atoms with E-state index >= 15 is 0 Å². The van der Waals surface area contributed by atoms with Gasteiger partial charge in [0.25, 0.3) is 0 Å². The standard InChI is InChI=1S/2Al.2Bi.6O. The molecule has 0 atom stereocenters. The zero-order valence-electron chi connectivity index (χ0n) is 4.50. The second-order valence-electron chi connectivity index (χ2n) is 1.66. The Balaban J connectivity index is 1.90. The summed E-state index contributed by atoms with van der Waals surface area (Å²) in [5, 5.41) is 0. The van der Waals surface area contributed by atoms with E-state index < -0.39 is 76.4 Å². The van der Waals surface area contributed by atoms with Crippen molar-refractivity contribution in [2.45, 2.75) is 0 Å². The summed E-state index contributed by atoms with van der Waals surface area (Å²) < 4.78 is 31.7. The third-order valence-corrected chi connectivity index (χ3v) is 30.4. The molecule has 0 N–H and O–H groups in total. The Bertz CT molecular complexity index is 105. The van der Waals surface area contributed by atoms with Crippen LogP contribution in [-0.2, 0) is 11.2 Å². The van der Waals surface area contributed by atoms with Gasteiger partial charge in [-0.1, -0.05) is 0 Å². The van der Waals surface area contributed by atoms with E-state index in [0.29, 0.717) is 0 Å². The van der Waals surface area contributed by atoms with Crippen molar-refractivity contribution in [1.82, 2.24) is 0 Å². The van der Waals surface area contributed by atoms with E-state index in [1.54, 1.807) is 0 Å². The summed E-state index contributed by atoms with van der Waals surface area (Å²) in [7, 11) is 0. The van der Waals surface area contributed by atoms with Crippen molar-refractivity contribution < 1.29 is 11.2 Å². The van der Waals surface area contributed by atoms with Crippen LogP contribution in [0.4, 0.5) is 0 Å². The molecule has 4 saturated heterocycles. The Kier molecular flexibility index (Phi) is 2.44. The zero-order valence-corrected chi connectivity index (χ0v) is 13.8. The first-order chi connectivity index (χ1) is 4.90. The van der Waals surface area contributed by atoms with Gasteiger partial charge < -0.3 is 0 Å². The minimum atomic E-state index is -2.33. The van der Waals surface area contributed by atoms with Crippen molar-refractivity contribution in [3.63, 3.8) is 0 Å². The predicted molar refractivity (Wildman–Crippen MR) is 29.5 cm³/mol. The molecule has 0 aliphatic carbocycles. The molecule has 0 spiro atoms. The molecule has 4 fully saturated rings. The zero-order chi connectivity index (χ0) is 6.55. The molecule has 0 aromatic rings. The first-order valence-electron chi connectivity index (χ1n) is 2.51. The second-order valence-corrected chi connectivity index (χ2v) is 24.3. The van der Waals surface area contributed by atoms with Crippen LogP contribution in [0.1, 0.15) is 0 Å². The van der Waals surface area contributed by atoms with Gasteiger partial charge in [0.1, 0.15) is 0 Å². The number of rotatable bonds is 0. The Labute approximate surface area is 86.1 Å². The van der Waals surface area contributed by atoms with Gasteiger partial charge in [-0.25, -0.2) is 0 Å². The van der Waals surface area contributed by atoms with Gasteiger partial charge in [0.2, 0.25) is 0 Å². The predicted octanol–water partition coefficient (Wildman–Crippen LogP) is -1.93. The van der Waals surface area contributed by atoms with E-state index in [4.69, 9.17) is 11.2 Å². The molecule has 4 heterocycles. The summed E-state index contributed by atoms with van der Waals surface area (Å²) in [6.07, 6.45) is 0. The van der Waals surface area contributed by atoms with Gasteiger partial charge in [-0.05, 0) is 0 Å². The summed E-state index contributed by atoms with van der Waals surface area (Å²) in [6, 6.07) is 0. The van der Waals surface area contributed by atoms with Crippen LogP contribution in [0.3, 0.4) is 0 Å². The fourth-order valence-corrected chi connectivity index (χ4v) is 50.9. The van der Waals surface area contributed by atoms with Gasteiger partial charge in [-0.2, -0.15) is 0 Å². The molecule has 0 unspecified atom stereocenters. The number of hydrogen-bond donors (Lipinski definition) is 0. The van der Waals surface area contributed by atoms with E-state index in [1.807, 2.05) is 0 Å². The van der Waals surface area contributed by atoms with Gasteiger partial charge in [-0.3, -0.25) is 0 Å². The average Bonchev–Trinajstić information content (AvgIpc) is 1.82. The maximum absolute atomic E-state index is 5.33. The Morgan fingerprint density at radius 2 is 1.30 bits per heavy atom. The average molecular weight is 568 g/mol. The molecule has 4 rings (SSSR count). The molecular formula is Al2Bi2O6. The topological polar surface area (TPSA) is 55.4 Å². The number of hydrogen-bond acceptors (Lipinski definition) is 6. The summed E-state index contributed by atoms with van der Waals surface area (Å²) in [4.78, 5) is 0. The molecule has 0 aromatic heterocycles. The molecule has 6 nitrogen and oxygen atoms in total. The first-order valence-corrected chi connectivity index (χ1v) is 13.9. The van der Waals surface area contributed by atoms with Gasteiger partial charge in [-0.15, -0.1) is 0 Å². The van der Waals surface area contributed by atoms with Crippen LogP contribution in [0.5, 0.6) is 0 Å². The van der Waals surface area contributed by atoms with Crippen LogP contribution in [0.15, 0.2) is 0 Å². The Hall–Kier alpha value is 2.59. The third-order valence-electron chi connectivity index (χ3n) is 1.04.